The number of carbonyl (C=O) groups is 3. The maximum absolute atomic E-state index is 12.9. The zero-order valence-electron chi connectivity index (χ0n) is 53.1. The quantitative estimate of drug-likeness (QED) is 0.0261. The first-order valence-corrected chi connectivity index (χ1v) is 34.6. The smallest absolute Gasteiger partial charge is 0.306 e. The van der Waals surface area contributed by atoms with Crippen molar-refractivity contribution in [1.82, 2.24) is 0 Å². The van der Waals surface area contributed by atoms with Crippen molar-refractivity contribution >= 4 is 17.9 Å². The van der Waals surface area contributed by atoms with Crippen molar-refractivity contribution in [3.63, 3.8) is 0 Å². The van der Waals surface area contributed by atoms with Gasteiger partial charge in [0.15, 0.2) is 6.10 Å². The highest BCUT2D eigenvalue weighted by molar-refractivity contribution is 5.71. The Balaban J connectivity index is 4.31. The third-order valence-corrected chi connectivity index (χ3v) is 15.1. The number of hydrogen-bond donors (Lipinski definition) is 0. The number of allylic oxidation sites excluding steroid dienone is 14. The average molecular weight is 1120 g/mol. The topological polar surface area (TPSA) is 78.9 Å². The molecule has 1 atom stereocenters. The van der Waals surface area contributed by atoms with Gasteiger partial charge in [0.25, 0.3) is 0 Å². The van der Waals surface area contributed by atoms with Gasteiger partial charge < -0.3 is 14.2 Å². The van der Waals surface area contributed by atoms with Crippen LogP contribution in [0.25, 0.3) is 0 Å². The van der Waals surface area contributed by atoms with Crippen molar-refractivity contribution in [1.29, 1.82) is 0 Å². The van der Waals surface area contributed by atoms with Crippen LogP contribution >= 0.6 is 0 Å². The molecule has 0 aliphatic rings. The lowest BCUT2D eigenvalue weighted by Crippen LogP contribution is -2.30. The minimum atomic E-state index is -0.783. The second-order valence-corrected chi connectivity index (χ2v) is 23.1. The van der Waals surface area contributed by atoms with Gasteiger partial charge in [-0.2, -0.15) is 0 Å². The van der Waals surface area contributed by atoms with Crippen LogP contribution in [0, 0.1) is 0 Å². The zero-order valence-corrected chi connectivity index (χ0v) is 53.1. The van der Waals surface area contributed by atoms with E-state index in [9.17, 15) is 14.4 Å². The Morgan fingerprint density at radius 2 is 0.487 bits per heavy atom. The molecule has 0 aromatic rings. The molecule has 0 radical (unpaired) electrons. The van der Waals surface area contributed by atoms with Crippen molar-refractivity contribution < 1.29 is 28.6 Å². The van der Waals surface area contributed by atoms with E-state index in [1.165, 1.54) is 199 Å². The molecule has 0 heterocycles. The van der Waals surface area contributed by atoms with E-state index in [2.05, 4.69) is 106 Å². The molecular weight excluding hydrogens is 985 g/mol. The largest absolute Gasteiger partial charge is 0.462 e. The Morgan fingerprint density at radius 1 is 0.263 bits per heavy atom. The summed E-state index contributed by atoms with van der Waals surface area (Å²) in [5.41, 5.74) is 0. The number of rotatable bonds is 63. The van der Waals surface area contributed by atoms with Crippen molar-refractivity contribution in [2.24, 2.45) is 0 Å². The van der Waals surface area contributed by atoms with E-state index in [4.69, 9.17) is 14.2 Å². The van der Waals surface area contributed by atoms with Gasteiger partial charge in [-0.15, -0.1) is 0 Å². The number of hydrogen-bond acceptors (Lipinski definition) is 6. The molecule has 0 fully saturated rings. The Labute approximate surface area is 496 Å². The first-order chi connectivity index (χ1) is 39.5. The Bertz CT molecular complexity index is 1520. The molecule has 0 rings (SSSR count). The van der Waals surface area contributed by atoms with Crippen LogP contribution in [-0.2, 0) is 28.6 Å². The molecule has 0 spiro atoms. The van der Waals surface area contributed by atoms with Crippen LogP contribution in [0.4, 0.5) is 0 Å². The van der Waals surface area contributed by atoms with Crippen LogP contribution in [-0.4, -0.2) is 37.2 Å². The standard InChI is InChI=1S/C74H130O6/c1-4-7-10-13-16-19-22-25-28-30-32-34-35-36-37-38-39-40-42-43-46-49-52-55-58-61-64-67-73(76)79-70-71(69-78-72(75)66-63-60-57-54-51-48-45-27-24-21-18-15-12-9-6-3)80-74(77)68-65-62-59-56-53-50-47-44-41-33-31-29-26-23-20-17-14-11-8-5-2/h7,10,16,18-19,21,25,27-28,32,34,36-37,45,71H,4-6,8-9,11-15,17,20,22-24,26,29-31,33,35,38-44,46-70H2,1-3H3/b10-7-,19-16-,21-18-,28-25-,34-32-,37-36-,45-27-. The molecule has 1 unspecified atom stereocenters. The highest BCUT2D eigenvalue weighted by Crippen LogP contribution is 2.18. The molecule has 0 N–H and O–H groups in total. The van der Waals surface area contributed by atoms with Crippen LogP contribution in [0.5, 0.6) is 0 Å². The molecule has 0 aromatic carbocycles. The SMILES string of the molecule is CC/C=C\C/C=C\C/C=C\C/C=C\C/C=C\CCCCCCCCCCCCCC(=O)OCC(COC(=O)CCCCCCC/C=C\C/C=C\CCCCC)OC(=O)CCCCCCCCCCCCCCCCCCCCCC. The van der Waals surface area contributed by atoms with Gasteiger partial charge in [0, 0.05) is 19.3 Å². The van der Waals surface area contributed by atoms with E-state index >= 15 is 0 Å². The van der Waals surface area contributed by atoms with Gasteiger partial charge in [0.05, 0.1) is 0 Å². The molecule has 0 aromatic heterocycles. The summed E-state index contributed by atoms with van der Waals surface area (Å²) in [6.07, 6.45) is 90.3. The van der Waals surface area contributed by atoms with Crippen LogP contribution in [0.2, 0.25) is 0 Å². The van der Waals surface area contributed by atoms with Gasteiger partial charge in [-0.05, 0) is 96.3 Å². The molecule has 0 saturated heterocycles. The number of esters is 3. The number of carbonyl (C=O) groups excluding carboxylic acids is 3. The zero-order chi connectivity index (χ0) is 57.8. The van der Waals surface area contributed by atoms with E-state index in [1.807, 2.05) is 0 Å². The molecule has 0 aliphatic heterocycles. The lowest BCUT2D eigenvalue weighted by atomic mass is 10.0. The van der Waals surface area contributed by atoms with Crippen LogP contribution < -0.4 is 0 Å². The summed E-state index contributed by atoms with van der Waals surface area (Å²) < 4.78 is 17.0. The predicted octanol–water partition coefficient (Wildman–Crippen LogP) is 23.8. The van der Waals surface area contributed by atoms with Crippen LogP contribution in [0.15, 0.2) is 85.1 Å². The molecule has 6 nitrogen and oxygen atoms in total. The highest BCUT2D eigenvalue weighted by Gasteiger charge is 2.19. The van der Waals surface area contributed by atoms with Gasteiger partial charge in [-0.25, -0.2) is 0 Å². The normalized spacial score (nSPS) is 12.6. The summed E-state index contributed by atoms with van der Waals surface area (Å²) in [4.78, 5) is 38.4. The molecule has 0 amide bonds. The number of ether oxygens (including phenoxy) is 3. The van der Waals surface area contributed by atoms with E-state index in [1.54, 1.807) is 0 Å². The summed E-state index contributed by atoms with van der Waals surface area (Å²) in [5.74, 6) is -0.876. The van der Waals surface area contributed by atoms with E-state index in [-0.39, 0.29) is 31.1 Å². The third kappa shape index (κ3) is 65.4. The fraction of sp³-hybridized carbons (Fsp3) is 0.770. The van der Waals surface area contributed by atoms with Gasteiger partial charge >= 0.3 is 17.9 Å². The Hall–Kier alpha value is -3.41. The summed E-state index contributed by atoms with van der Waals surface area (Å²) in [7, 11) is 0. The summed E-state index contributed by atoms with van der Waals surface area (Å²) in [6, 6.07) is 0. The third-order valence-electron chi connectivity index (χ3n) is 15.1. The van der Waals surface area contributed by atoms with Gasteiger partial charge in [0.2, 0.25) is 0 Å². The lowest BCUT2D eigenvalue weighted by Gasteiger charge is -2.18. The fourth-order valence-corrected chi connectivity index (χ4v) is 9.97. The molecule has 462 valence electrons. The predicted molar refractivity (Wildman–Crippen MR) is 348 cm³/mol. The van der Waals surface area contributed by atoms with E-state index in [0.717, 1.165) is 109 Å². The van der Waals surface area contributed by atoms with Gasteiger partial charge in [-0.1, -0.05) is 318 Å². The molecule has 0 bridgehead atoms. The minimum absolute atomic E-state index is 0.0792. The molecule has 0 aliphatic carbocycles. The maximum atomic E-state index is 12.9. The van der Waals surface area contributed by atoms with E-state index in [0.29, 0.717) is 19.3 Å². The summed E-state index contributed by atoms with van der Waals surface area (Å²) in [6.45, 7) is 6.54. The summed E-state index contributed by atoms with van der Waals surface area (Å²) >= 11 is 0. The van der Waals surface area contributed by atoms with Crippen molar-refractivity contribution in [2.75, 3.05) is 13.2 Å². The maximum Gasteiger partial charge on any atom is 0.306 e. The minimum Gasteiger partial charge on any atom is -0.462 e. The lowest BCUT2D eigenvalue weighted by molar-refractivity contribution is -0.167. The first kappa shape index (κ1) is 76.6. The Kier molecular flexibility index (Phi) is 65.2. The number of unbranched alkanes of at least 4 members (excludes halogenated alkanes) is 38. The Morgan fingerprint density at radius 3 is 0.787 bits per heavy atom. The second-order valence-electron chi connectivity index (χ2n) is 23.1. The van der Waals surface area contributed by atoms with Crippen LogP contribution in [0.3, 0.4) is 0 Å². The first-order valence-electron chi connectivity index (χ1n) is 34.6. The van der Waals surface area contributed by atoms with Gasteiger partial charge in [0.1, 0.15) is 13.2 Å². The van der Waals surface area contributed by atoms with Crippen molar-refractivity contribution in [2.45, 2.75) is 354 Å². The fourth-order valence-electron chi connectivity index (χ4n) is 9.97. The molecule has 0 saturated carbocycles. The van der Waals surface area contributed by atoms with Gasteiger partial charge in [-0.3, -0.25) is 14.4 Å². The van der Waals surface area contributed by atoms with Crippen molar-refractivity contribution in [3.05, 3.63) is 85.1 Å². The monoisotopic (exact) mass is 1110 g/mol. The molecular formula is C74H130O6. The average Bonchev–Trinajstić information content (AvgIpc) is 3.46. The van der Waals surface area contributed by atoms with Crippen molar-refractivity contribution in [3.8, 4) is 0 Å². The summed E-state index contributed by atoms with van der Waals surface area (Å²) in [5, 5.41) is 0. The van der Waals surface area contributed by atoms with E-state index < -0.39 is 6.10 Å². The highest BCUT2D eigenvalue weighted by atomic mass is 16.6. The molecule has 80 heavy (non-hydrogen) atoms. The second kappa shape index (κ2) is 68.1. The molecule has 6 heteroatoms. The van der Waals surface area contributed by atoms with Crippen LogP contribution in [0.1, 0.15) is 348 Å².